The molecule has 1 saturated heterocycles. The van der Waals surface area contributed by atoms with Gasteiger partial charge >= 0.3 is 0 Å². The molecule has 1 saturated carbocycles. The second-order valence-electron chi connectivity index (χ2n) is 5.47. The first-order valence-corrected chi connectivity index (χ1v) is 6.81. The van der Waals surface area contributed by atoms with Gasteiger partial charge in [0.1, 0.15) is 5.75 Å². The lowest BCUT2D eigenvalue weighted by molar-refractivity contribution is 0.303. The Hall–Kier alpha value is -1.02. The standard InChI is InChI=1S/C15H21NO/c1-11-2-3-13(10-16-11)12-4-6-14(7-5-12)17-15-8-9-15/h4-7,11,13,15-16H,2-3,8-10H2,1H3. The largest absolute Gasteiger partial charge is 0.490 e. The number of hydrogen-bond donors (Lipinski definition) is 1. The van der Waals surface area contributed by atoms with E-state index < -0.39 is 0 Å². The number of benzene rings is 1. The second kappa shape index (κ2) is 4.69. The molecular weight excluding hydrogens is 210 g/mol. The smallest absolute Gasteiger partial charge is 0.119 e. The Balaban J connectivity index is 1.62. The maximum atomic E-state index is 5.77. The lowest BCUT2D eigenvalue weighted by Crippen LogP contribution is -2.35. The molecule has 2 atom stereocenters. The SMILES string of the molecule is CC1CCC(c2ccc(OC3CC3)cc2)CN1. The molecular formula is C15H21NO. The highest BCUT2D eigenvalue weighted by Gasteiger charge is 2.23. The summed E-state index contributed by atoms with van der Waals surface area (Å²) in [5, 5.41) is 3.56. The van der Waals surface area contributed by atoms with Crippen molar-refractivity contribution < 1.29 is 4.74 Å². The van der Waals surface area contributed by atoms with Gasteiger partial charge in [0.25, 0.3) is 0 Å². The van der Waals surface area contributed by atoms with Crippen LogP contribution < -0.4 is 10.1 Å². The zero-order chi connectivity index (χ0) is 11.7. The summed E-state index contributed by atoms with van der Waals surface area (Å²) < 4.78 is 5.77. The Labute approximate surface area is 103 Å². The fourth-order valence-electron chi connectivity index (χ4n) is 2.48. The minimum atomic E-state index is 0.498. The molecule has 17 heavy (non-hydrogen) atoms. The second-order valence-corrected chi connectivity index (χ2v) is 5.47. The van der Waals surface area contributed by atoms with E-state index in [-0.39, 0.29) is 0 Å². The van der Waals surface area contributed by atoms with Gasteiger partial charge in [0.2, 0.25) is 0 Å². The Morgan fingerprint density at radius 2 is 1.82 bits per heavy atom. The van der Waals surface area contributed by atoms with Crippen molar-refractivity contribution in [3.8, 4) is 5.75 Å². The molecule has 0 spiro atoms. The summed E-state index contributed by atoms with van der Waals surface area (Å²) in [5.41, 5.74) is 1.45. The molecule has 1 aliphatic carbocycles. The van der Waals surface area contributed by atoms with Crippen molar-refractivity contribution in [3.05, 3.63) is 29.8 Å². The van der Waals surface area contributed by atoms with E-state index in [0.29, 0.717) is 18.1 Å². The number of ether oxygens (including phenoxy) is 1. The van der Waals surface area contributed by atoms with Crippen LogP contribution in [0.4, 0.5) is 0 Å². The molecule has 2 fully saturated rings. The lowest BCUT2D eigenvalue weighted by atomic mass is 9.89. The van der Waals surface area contributed by atoms with Crippen LogP contribution >= 0.6 is 0 Å². The van der Waals surface area contributed by atoms with Crippen LogP contribution in [0.15, 0.2) is 24.3 Å². The van der Waals surface area contributed by atoms with Gasteiger partial charge in [0.15, 0.2) is 0 Å². The molecule has 3 rings (SSSR count). The molecule has 2 unspecified atom stereocenters. The Bertz CT molecular complexity index is 361. The molecule has 1 heterocycles. The van der Waals surface area contributed by atoms with Gasteiger partial charge in [0.05, 0.1) is 6.10 Å². The van der Waals surface area contributed by atoms with Crippen molar-refractivity contribution in [2.24, 2.45) is 0 Å². The molecule has 2 heteroatoms. The monoisotopic (exact) mass is 231 g/mol. The molecule has 1 aromatic rings. The number of piperidine rings is 1. The Morgan fingerprint density at radius 3 is 2.41 bits per heavy atom. The van der Waals surface area contributed by atoms with Crippen LogP contribution in [0.5, 0.6) is 5.75 Å². The highest BCUT2D eigenvalue weighted by molar-refractivity contribution is 5.30. The quantitative estimate of drug-likeness (QED) is 0.863. The van der Waals surface area contributed by atoms with Crippen LogP contribution in [0, 0.1) is 0 Å². The van der Waals surface area contributed by atoms with E-state index in [4.69, 9.17) is 4.74 Å². The van der Waals surface area contributed by atoms with Gasteiger partial charge in [-0.25, -0.2) is 0 Å². The van der Waals surface area contributed by atoms with Crippen LogP contribution in [-0.2, 0) is 0 Å². The van der Waals surface area contributed by atoms with Gasteiger partial charge in [0, 0.05) is 12.6 Å². The van der Waals surface area contributed by atoms with Gasteiger partial charge in [-0.05, 0) is 56.2 Å². The predicted molar refractivity (Wildman–Crippen MR) is 69.5 cm³/mol. The molecule has 0 bridgehead atoms. The number of rotatable bonds is 3. The van der Waals surface area contributed by atoms with E-state index in [1.165, 1.54) is 31.2 Å². The van der Waals surface area contributed by atoms with Crippen molar-refractivity contribution in [1.82, 2.24) is 5.32 Å². The fourth-order valence-corrected chi connectivity index (χ4v) is 2.48. The minimum absolute atomic E-state index is 0.498. The van der Waals surface area contributed by atoms with E-state index in [9.17, 15) is 0 Å². The van der Waals surface area contributed by atoms with E-state index in [2.05, 4.69) is 36.5 Å². The van der Waals surface area contributed by atoms with E-state index in [0.717, 1.165) is 12.3 Å². The molecule has 1 aromatic carbocycles. The number of nitrogens with one attached hydrogen (secondary N) is 1. The van der Waals surface area contributed by atoms with Crippen LogP contribution in [0.25, 0.3) is 0 Å². The normalized spacial score (nSPS) is 29.0. The summed E-state index contributed by atoms with van der Waals surface area (Å²) in [5.74, 6) is 1.72. The van der Waals surface area contributed by atoms with E-state index >= 15 is 0 Å². The van der Waals surface area contributed by atoms with Gasteiger partial charge in [-0.3, -0.25) is 0 Å². The Kier molecular flexibility index (Phi) is 3.06. The molecule has 1 aliphatic heterocycles. The average molecular weight is 231 g/mol. The Morgan fingerprint density at radius 1 is 1.06 bits per heavy atom. The first-order valence-electron chi connectivity index (χ1n) is 6.81. The first-order chi connectivity index (χ1) is 8.31. The van der Waals surface area contributed by atoms with Crippen molar-refractivity contribution in [3.63, 3.8) is 0 Å². The summed E-state index contributed by atoms with van der Waals surface area (Å²) in [7, 11) is 0. The van der Waals surface area contributed by atoms with Crippen molar-refractivity contribution in [1.29, 1.82) is 0 Å². The van der Waals surface area contributed by atoms with Crippen molar-refractivity contribution >= 4 is 0 Å². The molecule has 2 nitrogen and oxygen atoms in total. The average Bonchev–Trinajstić information content (AvgIpc) is 3.15. The predicted octanol–water partition coefficient (Wildman–Crippen LogP) is 3.08. The minimum Gasteiger partial charge on any atom is -0.490 e. The van der Waals surface area contributed by atoms with Crippen LogP contribution in [-0.4, -0.2) is 18.7 Å². The van der Waals surface area contributed by atoms with Gasteiger partial charge < -0.3 is 10.1 Å². The lowest BCUT2D eigenvalue weighted by Gasteiger charge is -2.28. The first kappa shape index (κ1) is 11.1. The van der Waals surface area contributed by atoms with Crippen molar-refractivity contribution in [2.75, 3.05) is 6.54 Å². The van der Waals surface area contributed by atoms with Gasteiger partial charge in [-0.1, -0.05) is 12.1 Å². The molecule has 0 amide bonds. The van der Waals surface area contributed by atoms with Crippen molar-refractivity contribution in [2.45, 2.75) is 50.7 Å². The van der Waals surface area contributed by atoms with Gasteiger partial charge in [-0.2, -0.15) is 0 Å². The third-order valence-electron chi connectivity index (χ3n) is 3.84. The third kappa shape index (κ3) is 2.81. The summed E-state index contributed by atoms with van der Waals surface area (Å²) in [6, 6.07) is 9.42. The molecule has 2 aliphatic rings. The zero-order valence-corrected chi connectivity index (χ0v) is 10.5. The van der Waals surface area contributed by atoms with Gasteiger partial charge in [-0.15, -0.1) is 0 Å². The molecule has 0 radical (unpaired) electrons. The van der Waals surface area contributed by atoms with Crippen LogP contribution in [0.1, 0.15) is 44.1 Å². The molecule has 92 valence electrons. The fraction of sp³-hybridized carbons (Fsp3) is 0.600. The zero-order valence-electron chi connectivity index (χ0n) is 10.5. The van der Waals surface area contributed by atoms with Crippen LogP contribution in [0.3, 0.4) is 0 Å². The maximum absolute atomic E-state index is 5.77. The highest BCUT2D eigenvalue weighted by Crippen LogP contribution is 2.29. The third-order valence-corrected chi connectivity index (χ3v) is 3.84. The number of hydrogen-bond acceptors (Lipinski definition) is 2. The summed E-state index contributed by atoms with van der Waals surface area (Å²) in [6.45, 7) is 3.38. The maximum Gasteiger partial charge on any atom is 0.119 e. The molecule has 1 N–H and O–H groups in total. The summed E-state index contributed by atoms with van der Waals surface area (Å²) in [6.07, 6.45) is 5.54. The topological polar surface area (TPSA) is 21.3 Å². The molecule has 0 aromatic heterocycles. The van der Waals surface area contributed by atoms with Crippen LogP contribution in [0.2, 0.25) is 0 Å². The summed E-state index contributed by atoms with van der Waals surface area (Å²) >= 11 is 0. The summed E-state index contributed by atoms with van der Waals surface area (Å²) in [4.78, 5) is 0. The highest BCUT2D eigenvalue weighted by atomic mass is 16.5. The van der Waals surface area contributed by atoms with E-state index in [1.807, 2.05) is 0 Å². The van der Waals surface area contributed by atoms with E-state index in [1.54, 1.807) is 0 Å².